The lowest BCUT2D eigenvalue weighted by molar-refractivity contribution is 0.464. The Morgan fingerprint density at radius 3 is 2.38 bits per heavy atom. The number of hydrogen-bond donors (Lipinski definition) is 2. The first kappa shape index (κ1) is 15.7. The Bertz CT molecular complexity index is 803. The largest absolute Gasteiger partial charge is 0.437 e. The van der Waals surface area contributed by atoms with Gasteiger partial charge in [0.2, 0.25) is 5.88 Å². The first-order chi connectivity index (χ1) is 11.6. The van der Waals surface area contributed by atoms with Gasteiger partial charge in [-0.3, -0.25) is 4.98 Å². The third kappa shape index (κ3) is 3.60. The van der Waals surface area contributed by atoms with Crippen molar-refractivity contribution in [3.8, 4) is 11.6 Å². The lowest BCUT2D eigenvalue weighted by Crippen LogP contribution is -2.03. The molecule has 3 aromatic rings. The van der Waals surface area contributed by atoms with Crippen LogP contribution in [-0.2, 0) is 0 Å². The zero-order valence-corrected chi connectivity index (χ0v) is 13.6. The molecule has 3 rings (SSSR count). The van der Waals surface area contributed by atoms with Crippen molar-refractivity contribution in [2.24, 2.45) is 0 Å². The number of nitrogens with two attached hydrogens (primary N) is 1. The maximum atomic E-state index is 6.13. The quantitative estimate of drug-likeness (QED) is 0.735. The Kier molecular flexibility index (Phi) is 4.56. The second-order valence-electron chi connectivity index (χ2n) is 5.63. The minimum absolute atomic E-state index is 0.318. The molecule has 24 heavy (non-hydrogen) atoms. The van der Waals surface area contributed by atoms with Crippen molar-refractivity contribution < 1.29 is 4.74 Å². The molecule has 2 aromatic heterocycles. The normalized spacial score (nSPS) is 10.6. The summed E-state index contributed by atoms with van der Waals surface area (Å²) in [6, 6.07) is 11.5. The summed E-state index contributed by atoms with van der Waals surface area (Å²) in [5, 5.41) is 3.13. The number of aromatic nitrogens is 3. The van der Waals surface area contributed by atoms with Crippen LogP contribution in [0.3, 0.4) is 0 Å². The second-order valence-corrected chi connectivity index (χ2v) is 5.63. The van der Waals surface area contributed by atoms with Gasteiger partial charge in [0.25, 0.3) is 0 Å². The highest BCUT2D eigenvalue weighted by atomic mass is 16.5. The molecule has 0 bridgehead atoms. The molecule has 6 heteroatoms. The zero-order valence-electron chi connectivity index (χ0n) is 13.6. The van der Waals surface area contributed by atoms with Gasteiger partial charge in [-0.05, 0) is 35.7 Å². The number of nitrogens with one attached hydrogen (secondary N) is 1. The van der Waals surface area contributed by atoms with Gasteiger partial charge < -0.3 is 15.8 Å². The summed E-state index contributed by atoms with van der Waals surface area (Å²) in [6.07, 6.45) is 4.79. The maximum Gasteiger partial charge on any atom is 0.248 e. The van der Waals surface area contributed by atoms with Crippen LogP contribution in [0.4, 0.5) is 17.2 Å². The summed E-state index contributed by atoms with van der Waals surface area (Å²) >= 11 is 0. The van der Waals surface area contributed by atoms with E-state index in [1.807, 2.05) is 36.4 Å². The topological polar surface area (TPSA) is 86.0 Å². The molecular weight excluding hydrogens is 302 g/mol. The van der Waals surface area contributed by atoms with Gasteiger partial charge in [0, 0.05) is 18.1 Å². The maximum absolute atomic E-state index is 6.13. The van der Waals surface area contributed by atoms with E-state index in [0.717, 1.165) is 5.69 Å². The van der Waals surface area contributed by atoms with Crippen LogP contribution in [0, 0.1) is 0 Å². The van der Waals surface area contributed by atoms with E-state index in [0.29, 0.717) is 29.1 Å². The molecule has 3 N–H and O–H groups in total. The number of rotatable bonds is 5. The van der Waals surface area contributed by atoms with E-state index in [2.05, 4.69) is 34.1 Å². The predicted molar refractivity (Wildman–Crippen MR) is 94.6 cm³/mol. The van der Waals surface area contributed by atoms with Crippen LogP contribution in [0.5, 0.6) is 11.6 Å². The van der Waals surface area contributed by atoms with E-state index < -0.39 is 0 Å². The second kappa shape index (κ2) is 6.95. The minimum atomic E-state index is 0.318. The Labute approximate surface area is 140 Å². The number of anilines is 3. The van der Waals surface area contributed by atoms with Crippen molar-refractivity contribution >= 4 is 17.2 Å². The van der Waals surface area contributed by atoms with Gasteiger partial charge in [0.15, 0.2) is 5.82 Å². The molecule has 0 saturated heterocycles. The molecule has 1 aromatic carbocycles. The molecule has 6 nitrogen and oxygen atoms in total. The number of nitrogen functional groups attached to an aromatic ring is 1. The van der Waals surface area contributed by atoms with Crippen molar-refractivity contribution in [2.45, 2.75) is 19.8 Å². The smallest absolute Gasteiger partial charge is 0.248 e. The lowest BCUT2D eigenvalue weighted by atomic mass is 10.0. The highest BCUT2D eigenvalue weighted by Crippen LogP contribution is 2.31. The van der Waals surface area contributed by atoms with Crippen LogP contribution in [0.25, 0.3) is 0 Å². The summed E-state index contributed by atoms with van der Waals surface area (Å²) in [5.74, 6) is 1.96. The molecule has 0 aliphatic rings. The first-order valence-corrected chi connectivity index (χ1v) is 7.69. The zero-order chi connectivity index (χ0) is 16.9. The number of hydrogen-bond acceptors (Lipinski definition) is 6. The van der Waals surface area contributed by atoms with Crippen molar-refractivity contribution in [1.29, 1.82) is 0 Å². The molecule has 0 radical (unpaired) electrons. The Hall–Kier alpha value is -3.15. The number of pyridine rings is 1. The highest BCUT2D eigenvalue weighted by molar-refractivity contribution is 5.72. The van der Waals surface area contributed by atoms with Gasteiger partial charge in [-0.1, -0.05) is 26.0 Å². The molecule has 0 unspecified atom stereocenters. The fourth-order valence-electron chi connectivity index (χ4n) is 2.16. The summed E-state index contributed by atoms with van der Waals surface area (Å²) in [7, 11) is 0. The van der Waals surface area contributed by atoms with Crippen molar-refractivity contribution in [3.05, 3.63) is 60.7 Å². The molecule has 0 saturated carbocycles. The number of benzene rings is 1. The van der Waals surface area contributed by atoms with Gasteiger partial charge in [-0.15, -0.1) is 0 Å². The molecule has 0 fully saturated rings. The monoisotopic (exact) mass is 321 g/mol. The van der Waals surface area contributed by atoms with Crippen molar-refractivity contribution in [1.82, 2.24) is 15.0 Å². The van der Waals surface area contributed by atoms with Crippen molar-refractivity contribution in [3.63, 3.8) is 0 Å². The Morgan fingerprint density at radius 1 is 1.00 bits per heavy atom. The Balaban J connectivity index is 1.80. The van der Waals surface area contributed by atoms with Crippen LogP contribution in [0.15, 0.2) is 55.1 Å². The van der Waals surface area contributed by atoms with Gasteiger partial charge in [-0.2, -0.15) is 4.98 Å². The Morgan fingerprint density at radius 2 is 1.71 bits per heavy atom. The van der Waals surface area contributed by atoms with Crippen molar-refractivity contribution in [2.75, 3.05) is 11.1 Å². The van der Waals surface area contributed by atoms with Gasteiger partial charge in [0.1, 0.15) is 17.8 Å². The lowest BCUT2D eigenvalue weighted by Gasteiger charge is -2.12. The third-order valence-corrected chi connectivity index (χ3v) is 3.55. The van der Waals surface area contributed by atoms with E-state index in [1.54, 1.807) is 12.4 Å². The third-order valence-electron chi connectivity index (χ3n) is 3.55. The van der Waals surface area contributed by atoms with Crippen LogP contribution in [0.1, 0.15) is 25.3 Å². The molecule has 0 aliphatic carbocycles. The van der Waals surface area contributed by atoms with E-state index in [9.17, 15) is 0 Å². The molecule has 0 aliphatic heterocycles. The summed E-state index contributed by atoms with van der Waals surface area (Å²) in [4.78, 5) is 12.3. The highest BCUT2D eigenvalue weighted by Gasteiger charge is 2.11. The SMILES string of the molecule is CC(C)c1ccc(Oc2ncnc(Nc3ccncc3)c2N)cc1. The van der Waals surface area contributed by atoms with E-state index >= 15 is 0 Å². The van der Waals surface area contributed by atoms with Crippen LogP contribution in [-0.4, -0.2) is 15.0 Å². The standard InChI is InChI=1S/C18H19N5O/c1-12(2)13-3-5-15(6-4-13)24-18-16(19)17(21-11-22-18)23-14-7-9-20-10-8-14/h3-12H,19H2,1-2H3,(H,20,21,22,23). The van der Waals surface area contributed by atoms with Crippen LogP contribution >= 0.6 is 0 Å². The fraction of sp³-hybridized carbons (Fsp3) is 0.167. The summed E-state index contributed by atoms with van der Waals surface area (Å²) < 4.78 is 5.79. The van der Waals surface area contributed by atoms with Gasteiger partial charge in [-0.25, -0.2) is 4.98 Å². The first-order valence-electron chi connectivity index (χ1n) is 7.69. The number of nitrogens with zero attached hydrogens (tertiary/aromatic N) is 3. The molecule has 122 valence electrons. The van der Waals surface area contributed by atoms with Crippen LogP contribution in [0.2, 0.25) is 0 Å². The molecule has 0 atom stereocenters. The molecular formula is C18H19N5O. The molecule has 2 heterocycles. The summed E-state index contributed by atoms with van der Waals surface area (Å²) in [6.45, 7) is 4.30. The van der Waals surface area contributed by atoms with E-state index in [1.165, 1.54) is 11.9 Å². The average molecular weight is 321 g/mol. The van der Waals surface area contributed by atoms with Crippen LogP contribution < -0.4 is 15.8 Å². The molecule has 0 spiro atoms. The fourth-order valence-corrected chi connectivity index (χ4v) is 2.16. The number of ether oxygens (including phenoxy) is 1. The van der Waals surface area contributed by atoms with E-state index in [-0.39, 0.29) is 0 Å². The molecule has 0 amide bonds. The average Bonchev–Trinajstić information content (AvgIpc) is 2.60. The minimum Gasteiger partial charge on any atom is -0.437 e. The summed E-state index contributed by atoms with van der Waals surface area (Å²) in [5.41, 5.74) is 8.56. The predicted octanol–water partition coefficient (Wildman–Crippen LogP) is 4.11. The van der Waals surface area contributed by atoms with E-state index in [4.69, 9.17) is 10.5 Å². The van der Waals surface area contributed by atoms with Gasteiger partial charge >= 0.3 is 0 Å². The van der Waals surface area contributed by atoms with Gasteiger partial charge in [0.05, 0.1) is 0 Å².